The molecule has 1 saturated carbocycles. The number of benzene rings is 1. The molecule has 100 valence electrons. The molecule has 0 aromatic heterocycles. The maximum Gasteiger partial charge on any atom is 0.306 e. The highest BCUT2D eigenvalue weighted by Gasteiger charge is 2.35. The van der Waals surface area contributed by atoms with Crippen LogP contribution < -0.4 is 9.64 Å². The first-order valence-electron chi connectivity index (χ1n) is 6.64. The van der Waals surface area contributed by atoms with Crippen LogP contribution in [0.25, 0.3) is 0 Å². The van der Waals surface area contributed by atoms with Gasteiger partial charge in [-0.1, -0.05) is 12.1 Å². The normalized spacial score (nSPS) is 25.9. The molecule has 0 spiro atoms. The van der Waals surface area contributed by atoms with Crippen LogP contribution in [0, 0.1) is 5.92 Å². The van der Waals surface area contributed by atoms with Crippen LogP contribution in [0.3, 0.4) is 0 Å². The summed E-state index contributed by atoms with van der Waals surface area (Å²) in [4.78, 5) is 13.1. The molecule has 1 fully saturated rings. The third-order valence-electron chi connectivity index (χ3n) is 4.03. The lowest BCUT2D eigenvalue weighted by molar-refractivity contribution is -0.142. The van der Waals surface area contributed by atoms with Crippen LogP contribution in [0.15, 0.2) is 36.7 Å². The van der Waals surface area contributed by atoms with Gasteiger partial charge >= 0.3 is 5.97 Å². The van der Waals surface area contributed by atoms with Crippen molar-refractivity contribution in [2.75, 3.05) is 4.90 Å². The van der Waals surface area contributed by atoms with Gasteiger partial charge in [0.25, 0.3) is 0 Å². The summed E-state index contributed by atoms with van der Waals surface area (Å²) in [5.74, 6) is 0.631. The minimum Gasteiger partial charge on any atom is -0.481 e. The van der Waals surface area contributed by atoms with E-state index in [0.29, 0.717) is 11.9 Å². The number of nitrogens with zero attached hydrogens (tertiary/aromatic N) is 1. The third-order valence-corrected chi connectivity index (χ3v) is 4.03. The molecule has 0 radical (unpaired) electrons. The molecule has 0 bridgehead atoms. The molecule has 1 aromatic carbocycles. The number of anilines is 1. The molecule has 1 aliphatic heterocycles. The van der Waals surface area contributed by atoms with E-state index in [0.717, 1.165) is 37.1 Å². The summed E-state index contributed by atoms with van der Waals surface area (Å²) >= 11 is 0. The van der Waals surface area contributed by atoms with E-state index in [9.17, 15) is 4.79 Å². The molecule has 1 heterocycles. The van der Waals surface area contributed by atoms with E-state index < -0.39 is 5.97 Å². The van der Waals surface area contributed by atoms with Crippen LogP contribution in [0.2, 0.25) is 0 Å². The standard InChI is InChI=1S/C15H17NO3/c1-10-16(13-4-2-3-5-14(13)19-10)12-8-6-11(7-9-12)15(17)18/h2-5,11-12H,1,6-9H2,(H,17,18). The Hall–Kier alpha value is -1.97. The summed E-state index contributed by atoms with van der Waals surface area (Å²) < 4.78 is 5.66. The van der Waals surface area contributed by atoms with Crippen molar-refractivity contribution >= 4 is 11.7 Å². The van der Waals surface area contributed by atoms with Crippen molar-refractivity contribution in [1.29, 1.82) is 0 Å². The number of hydrogen-bond acceptors (Lipinski definition) is 3. The van der Waals surface area contributed by atoms with E-state index in [4.69, 9.17) is 9.84 Å². The molecule has 1 aromatic rings. The van der Waals surface area contributed by atoms with Gasteiger partial charge in [0.15, 0.2) is 11.6 Å². The fourth-order valence-electron chi connectivity index (χ4n) is 3.03. The zero-order valence-electron chi connectivity index (χ0n) is 10.7. The predicted molar refractivity (Wildman–Crippen MR) is 72.1 cm³/mol. The van der Waals surface area contributed by atoms with Gasteiger partial charge in [-0.2, -0.15) is 0 Å². The molecular weight excluding hydrogens is 242 g/mol. The van der Waals surface area contributed by atoms with Crippen LogP contribution in [0.4, 0.5) is 5.69 Å². The zero-order chi connectivity index (χ0) is 13.4. The Morgan fingerprint density at radius 1 is 1.26 bits per heavy atom. The second kappa shape index (κ2) is 4.61. The summed E-state index contributed by atoms with van der Waals surface area (Å²) in [6.07, 6.45) is 3.19. The lowest BCUT2D eigenvalue weighted by Gasteiger charge is -2.33. The Morgan fingerprint density at radius 2 is 1.95 bits per heavy atom. The summed E-state index contributed by atoms with van der Waals surface area (Å²) in [7, 11) is 0. The second-order valence-corrected chi connectivity index (χ2v) is 5.18. The Balaban J connectivity index is 1.77. The number of hydrogen-bond donors (Lipinski definition) is 1. The van der Waals surface area contributed by atoms with Gasteiger partial charge in [-0.25, -0.2) is 0 Å². The van der Waals surface area contributed by atoms with E-state index >= 15 is 0 Å². The number of fused-ring (bicyclic) bond motifs is 1. The van der Waals surface area contributed by atoms with E-state index in [1.165, 1.54) is 0 Å². The minimum absolute atomic E-state index is 0.191. The van der Waals surface area contributed by atoms with Crippen LogP contribution in [-0.2, 0) is 4.79 Å². The van der Waals surface area contributed by atoms with Crippen molar-refractivity contribution in [1.82, 2.24) is 0 Å². The highest BCUT2D eigenvalue weighted by Crippen LogP contribution is 2.42. The van der Waals surface area contributed by atoms with Crippen molar-refractivity contribution in [2.45, 2.75) is 31.7 Å². The summed E-state index contributed by atoms with van der Waals surface area (Å²) in [5.41, 5.74) is 1.05. The largest absolute Gasteiger partial charge is 0.481 e. The monoisotopic (exact) mass is 259 g/mol. The Bertz CT molecular complexity index is 518. The van der Waals surface area contributed by atoms with Crippen LogP contribution in [-0.4, -0.2) is 17.1 Å². The number of carbonyl (C=O) groups is 1. The predicted octanol–water partition coefficient (Wildman–Crippen LogP) is 3.00. The second-order valence-electron chi connectivity index (χ2n) is 5.18. The fraction of sp³-hybridized carbons (Fsp3) is 0.400. The number of rotatable bonds is 2. The summed E-state index contributed by atoms with van der Waals surface area (Å²) in [6.45, 7) is 3.97. The summed E-state index contributed by atoms with van der Waals surface area (Å²) in [6, 6.07) is 8.18. The highest BCUT2D eigenvalue weighted by atomic mass is 16.5. The highest BCUT2D eigenvalue weighted by molar-refractivity contribution is 5.70. The number of aliphatic carboxylic acids is 1. The molecule has 4 nitrogen and oxygen atoms in total. The molecular formula is C15H17NO3. The van der Waals surface area contributed by atoms with Gasteiger partial charge in [0, 0.05) is 6.04 Å². The van der Waals surface area contributed by atoms with Crippen molar-refractivity contribution in [2.24, 2.45) is 5.92 Å². The Morgan fingerprint density at radius 3 is 2.63 bits per heavy atom. The topological polar surface area (TPSA) is 49.8 Å². The zero-order valence-corrected chi connectivity index (χ0v) is 10.7. The average molecular weight is 259 g/mol. The minimum atomic E-state index is -0.671. The van der Waals surface area contributed by atoms with Crippen molar-refractivity contribution in [3.63, 3.8) is 0 Å². The number of para-hydroxylation sites is 2. The van der Waals surface area contributed by atoms with Crippen molar-refractivity contribution in [3.8, 4) is 5.75 Å². The van der Waals surface area contributed by atoms with Gasteiger partial charge in [-0.05, 0) is 44.4 Å². The van der Waals surface area contributed by atoms with E-state index in [1.54, 1.807) is 0 Å². The maximum absolute atomic E-state index is 11.0. The molecule has 0 unspecified atom stereocenters. The molecule has 3 rings (SSSR count). The molecule has 1 N–H and O–H groups in total. The maximum atomic E-state index is 11.0. The molecule has 0 amide bonds. The molecule has 0 saturated heterocycles. The van der Waals surface area contributed by atoms with E-state index in [-0.39, 0.29) is 5.92 Å². The lowest BCUT2D eigenvalue weighted by Crippen LogP contribution is -2.37. The first-order chi connectivity index (χ1) is 9.16. The third kappa shape index (κ3) is 2.07. The van der Waals surface area contributed by atoms with Crippen LogP contribution >= 0.6 is 0 Å². The molecule has 1 aliphatic carbocycles. The first kappa shape index (κ1) is 12.1. The number of carboxylic acids is 1. The van der Waals surface area contributed by atoms with Gasteiger partial charge < -0.3 is 14.7 Å². The van der Waals surface area contributed by atoms with E-state index in [2.05, 4.69) is 11.5 Å². The van der Waals surface area contributed by atoms with Gasteiger partial charge in [-0.15, -0.1) is 0 Å². The van der Waals surface area contributed by atoms with E-state index in [1.807, 2.05) is 24.3 Å². The van der Waals surface area contributed by atoms with Gasteiger partial charge in [0.2, 0.25) is 0 Å². The van der Waals surface area contributed by atoms with Gasteiger partial charge in [0.05, 0.1) is 11.6 Å². The first-order valence-corrected chi connectivity index (χ1v) is 6.64. The Labute approximate surface area is 112 Å². The molecule has 2 aliphatic rings. The fourth-order valence-corrected chi connectivity index (χ4v) is 3.03. The van der Waals surface area contributed by atoms with Crippen molar-refractivity contribution in [3.05, 3.63) is 36.7 Å². The summed E-state index contributed by atoms with van der Waals surface area (Å²) in [5, 5.41) is 9.04. The SMILES string of the molecule is C=C1Oc2ccccc2N1C1CCC(C(=O)O)CC1. The van der Waals surface area contributed by atoms with Crippen LogP contribution in [0.1, 0.15) is 25.7 Å². The number of ether oxygens (including phenoxy) is 1. The molecule has 0 atom stereocenters. The van der Waals surface area contributed by atoms with Crippen molar-refractivity contribution < 1.29 is 14.6 Å². The van der Waals surface area contributed by atoms with Gasteiger partial charge in [-0.3, -0.25) is 4.79 Å². The molecule has 4 heteroatoms. The lowest BCUT2D eigenvalue weighted by atomic mass is 9.85. The number of carboxylic acid groups (broad SMARTS) is 1. The van der Waals surface area contributed by atoms with Gasteiger partial charge in [0.1, 0.15) is 0 Å². The average Bonchev–Trinajstić information content (AvgIpc) is 2.74. The van der Waals surface area contributed by atoms with Crippen LogP contribution in [0.5, 0.6) is 5.75 Å². The molecule has 19 heavy (non-hydrogen) atoms. The smallest absolute Gasteiger partial charge is 0.306 e. The quantitative estimate of drug-likeness (QED) is 0.887. The Kier molecular flexibility index (Phi) is 2.93.